The van der Waals surface area contributed by atoms with E-state index >= 15 is 0 Å². The van der Waals surface area contributed by atoms with Crippen LogP contribution in [0.3, 0.4) is 0 Å². The fourth-order valence-corrected chi connectivity index (χ4v) is 1.96. The number of aryl methyl sites for hydroxylation is 1. The van der Waals surface area contributed by atoms with E-state index in [1.165, 1.54) is 11.0 Å². The maximum atomic E-state index is 11.9. The van der Waals surface area contributed by atoms with E-state index in [1.54, 1.807) is 18.2 Å². The van der Waals surface area contributed by atoms with Gasteiger partial charge in [-0.1, -0.05) is 0 Å². The molecule has 1 amide bonds. The average Bonchev–Trinajstić information content (AvgIpc) is 2.90. The Kier molecular flexibility index (Phi) is 3.95. The lowest BCUT2D eigenvalue weighted by Crippen LogP contribution is -2.14. The van der Waals surface area contributed by atoms with Gasteiger partial charge in [-0.15, -0.1) is 5.10 Å². The molecule has 1 N–H and O–H groups in total. The normalized spacial score (nSPS) is 13.5. The summed E-state index contributed by atoms with van der Waals surface area (Å²) in [4.78, 5) is 11.9. The van der Waals surface area contributed by atoms with Crippen LogP contribution in [0.1, 0.15) is 12.8 Å². The van der Waals surface area contributed by atoms with Crippen LogP contribution in [0.4, 0.5) is 5.69 Å². The van der Waals surface area contributed by atoms with Gasteiger partial charge >= 0.3 is 0 Å². The van der Waals surface area contributed by atoms with Crippen molar-refractivity contribution in [2.75, 3.05) is 18.5 Å². The summed E-state index contributed by atoms with van der Waals surface area (Å²) in [6.45, 7) is 1.69. The summed E-state index contributed by atoms with van der Waals surface area (Å²) >= 11 is 0. The number of carbonyl (C=O) groups excluding carboxylic acids is 1. The Labute approximate surface area is 121 Å². The lowest BCUT2D eigenvalue weighted by Gasteiger charge is -2.10. The van der Waals surface area contributed by atoms with Gasteiger partial charge in [-0.2, -0.15) is 0 Å². The monoisotopic (exact) mass is 289 g/mol. The largest absolute Gasteiger partial charge is 0.490 e. The molecule has 0 radical (unpaired) electrons. The van der Waals surface area contributed by atoms with E-state index in [1.807, 2.05) is 0 Å². The van der Waals surface area contributed by atoms with Crippen molar-refractivity contribution < 1.29 is 14.3 Å². The van der Waals surface area contributed by atoms with Crippen molar-refractivity contribution in [3.63, 3.8) is 0 Å². The standard InChI is InChI=1S/C13H15N5O3/c19-13(4-5-18-9-14-16-17-18)15-10-2-3-11-12(8-10)21-7-1-6-20-11/h2-3,8-9H,1,4-7H2,(H,15,19). The Morgan fingerprint density at radius 3 is 2.95 bits per heavy atom. The molecule has 0 fully saturated rings. The first-order chi connectivity index (χ1) is 10.3. The molecule has 0 atom stereocenters. The molecule has 0 saturated heterocycles. The first-order valence-corrected chi connectivity index (χ1v) is 6.71. The third-order valence-corrected chi connectivity index (χ3v) is 2.99. The van der Waals surface area contributed by atoms with Crippen LogP contribution in [-0.2, 0) is 11.3 Å². The molecule has 2 heterocycles. The number of hydrogen-bond donors (Lipinski definition) is 1. The van der Waals surface area contributed by atoms with Crippen LogP contribution in [0, 0.1) is 0 Å². The van der Waals surface area contributed by atoms with Crippen molar-refractivity contribution in [2.45, 2.75) is 19.4 Å². The number of fused-ring (bicyclic) bond motifs is 1. The molecule has 1 aromatic heterocycles. The molecule has 1 aromatic carbocycles. The number of aromatic nitrogens is 4. The van der Waals surface area contributed by atoms with Crippen LogP contribution in [0.25, 0.3) is 0 Å². The van der Waals surface area contributed by atoms with Gasteiger partial charge in [0.05, 0.1) is 19.8 Å². The lowest BCUT2D eigenvalue weighted by atomic mass is 10.2. The lowest BCUT2D eigenvalue weighted by molar-refractivity contribution is -0.116. The second kappa shape index (κ2) is 6.21. The van der Waals surface area contributed by atoms with Crippen LogP contribution in [0.2, 0.25) is 0 Å². The fourth-order valence-electron chi connectivity index (χ4n) is 1.96. The summed E-state index contributed by atoms with van der Waals surface area (Å²) in [6, 6.07) is 5.37. The van der Waals surface area contributed by atoms with Crippen LogP contribution < -0.4 is 14.8 Å². The third-order valence-electron chi connectivity index (χ3n) is 2.99. The molecule has 0 saturated carbocycles. The third kappa shape index (κ3) is 3.47. The van der Waals surface area contributed by atoms with Crippen LogP contribution >= 0.6 is 0 Å². The highest BCUT2D eigenvalue weighted by Crippen LogP contribution is 2.32. The predicted molar refractivity (Wildman–Crippen MR) is 73.1 cm³/mol. The second-order valence-corrected chi connectivity index (χ2v) is 4.58. The molecular formula is C13H15N5O3. The smallest absolute Gasteiger partial charge is 0.226 e. The van der Waals surface area contributed by atoms with Crippen LogP contribution in [-0.4, -0.2) is 39.3 Å². The highest BCUT2D eigenvalue weighted by molar-refractivity contribution is 5.91. The van der Waals surface area contributed by atoms with E-state index in [-0.39, 0.29) is 5.91 Å². The van der Waals surface area contributed by atoms with Crippen molar-refractivity contribution in [1.29, 1.82) is 0 Å². The molecule has 1 aliphatic heterocycles. The minimum atomic E-state index is -0.111. The molecule has 8 nitrogen and oxygen atoms in total. The molecule has 3 rings (SSSR count). The van der Waals surface area contributed by atoms with E-state index in [2.05, 4.69) is 20.8 Å². The Hall–Kier alpha value is -2.64. The van der Waals surface area contributed by atoms with E-state index in [0.29, 0.717) is 43.4 Å². The summed E-state index contributed by atoms with van der Waals surface area (Å²) in [6.07, 6.45) is 2.61. The quantitative estimate of drug-likeness (QED) is 0.897. The minimum Gasteiger partial charge on any atom is -0.490 e. The minimum absolute atomic E-state index is 0.111. The van der Waals surface area contributed by atoms with E-state index in [9.17, 15) is 4.79 Å². The molecule has 21 heavy (non-hydrogen) atoms. The number of tetrazole rings is 1. The Balaban J connectivity index is 1.59. The van der Waals surface area contributed by atoms with Crippen LogP contribution in [0.5, 0.6) is 11.5 Å². The van der Waals surface area contributed by atoms with Gasteiger partial charge < -0.3 is 14.8 Å². The Morgan fingerprint density at radius 1 is 1.29 bits per heavy atom. The van der Waals surface area contributed by atoms with Gasteiger partial charge in [0.2, 0.25) is 5.91 Å². The first kappa shape index (κ1) is 13.3. The summed E-state index contributed by atoms with van der Waals surface area (Å²) in [5.74, 6) is 1.25. The molecular weight excluding hydrogens is 274 g/mol. The predicted octanol–water partition coefficient (Wildman–Crippen LogP) is 0.863. The Morgan fingerprint density at radius 2 is 2.14 bits per heavy atom. The SMILES string of the molecule is O=C(CCn1cnnn1)Nc1ccc2c(c1)OCCCO2. The summed E-state index contributed by atoms with van der Waals surface area (Å²) in [5, 5.41) is 13.5. The van der Waals surface area contributed by atoms with Gasteiger partial charge in [-0.3, -0.25) is 4.79 Å². The van der Waals surface area contributed by atoms with Crippen molar-refractivity contribution in [2.24, 2.45) is 0 Å². The molecule has 0 spiro atoms. The number of nitrogens with zero attached hydrogens (tertiary/aromatic N) is 4. The Bertz CT molecular complexity index is 614. The van der Waals surface area contributed by atoms with Gasteiger partial charge in [0, 0.05) is 24.6 Å². The number of rotatable bonds is 4. The van der Waals surface area contributed by atoms with Crippen molar-refractivity contribution >= 4 is 11.6 Å². The maximum absolute atomic E-state index is 11.9. The number of benzene rings is 1. The average molecular weight is 289 g/mol. The summed E-state index contributed by atoms with van der Waals surface area (Å²) in [5.41, 5.74) is 0.681. The molecule has 0 unspecified atom stereocenters. The number of carbonyl (C=O) groups is 1. The van der Waals surface area contributed by atoms with Gasteiger partial charge in [-0.05, 0) is 22.6 Å². The fraction of sp³-hybridized carbons (Fsp3) is 0.385. The zero-order valence-corrected chi connectivity index (χ0v) is 11.4. The number of amides is 1. The molecule has 8 heteroatoms. The molecule has 1 aliphatic rings. The molecule has 2 aromatic rings. The van der Waals surface area contributed by atoms with Gasteiger partial charge in [0.15, 0.2) is 11.5 Å². The summed E-state index contributed by atoms with van der Waals surface area (Å²) in [7, 11) is 0. The zero-order valence-electron chi connectivity index (χ0n) is 11.4. The molecule has 0 aliphatic carbocycles. The van der Waals surface area contributed by atoms with Crippen molar-refractivity contribution in [3.8, 4) is 11.5 Å². The molecule has 110 valence electrons. The van der Waals surface area contributed by atoms with Crippen molar-refractivity contribution in [3.05, 3.63) is 24.5 Å². The highest BCUT2D eigenvalue weighted by Gasteiger charge is 2.12. The van der Waals surface area contributed by atoms with Crippen molar-refractivity contribution in [1.82, 2.24) is 20.2 Å². The van der Waals surface area contributed by atoms with E-state index in [0.717, 1.165) is 6.42 Å². The summed E-state index contributed by atoms with van der Waals surface area (Å²) < 4.78 is 12.6. The van der Waals surface area contributed by atoms with E-state index in [4.69, 9.17) is 9.47 Å². The number of nitrogens with one attached hydrogen (secondary N) is 1. The topological polar surface area (TPSA) is 91.2 Å². The molecule has 0 bridgehead atoms. The second-order valence-electron chi connectivity index (χ2n) is 4.58. The van der Waals surface area contributed by atoms with Gasteiger partial charge in [-0.25, -0.2) is 4.68 Å². The highest BCUT2D eigenvalue weighted by atomic mass is 16.5. The van der Waals surface area contributed by atoms with E-state index < -0.39 is 0 Å². The van der Waals surface area contributed by atoms with Crippen LogP contribution in [0.15, 0.2) is 24.5 Å². The zero-order chi connectivity index (χ0) is 14.5. The van der Waals surface area contributed by atoms with Gasteiger partial charge in [0.25, 0.3) is 0 Å². The number of hydrogen-bond acceptors (Lipinski definition) is 6. The number of ether oxygens (including phenoxy) is 2. The number of anilines is 1. The maximum Gasteiger partial charge on any atom is 0.226 e. The van der Waals surface area contributed by atoms with Gasteiger partial charge in [0.1, 0.15) is 6.33 Å². The first-order valence-electron chi connectivity index (χ1n) is 6.71.